The maximum Gasteiger partial charge on any atom is 0.197 e. The number of phenolic OH excluding ortho intramolecular Hbond substituents is 3. The van der Waals surface area contributed by atoms with Gasteiger partial charge in [-0.25, -0.2) is 0 Å². The summed E-state index contributed by atoms with van der Waals surface area (Å²) in [6.45, 7) is -0.679. The summed E-state index contributed by atoms with van der Waals surface area (Å²) >= 11 is 0. The van der Waals surface area contributed by atoms with Crippen molar-refractivity contribution in [3.63, 3.8) is 0 Å². The number of methoxy groups -OCH3 is 1. The number of aliphatic hydroxyl groups excluding tert-OH is 4. The van der Waals surface area contributed by atoms with Gasteiger partial charge in [0.1, 0.15) is 53.2 Å². The summed E-state index contributed by atoms with van der Waals surface area (Å²) in [4.78, 5) is 12.9. The van der Waals surface area contributed by atoms with Crippen molar-refractivity contribution in [1.82, 2.24) is 0 Å². The molecule has 11 nitrogen and oxygen atoms in total. The first-order chi connectivity index (χ1) is 15.7. The second kappa shape index (κ2) is 8.54. The van der Waals surface area contributed by atoms with Gasteiger partial charge in [0.25, 0.3) is 0 Å². The van der Waals surface area contributed by atoms with Crippen LogP contribution in [-0.2, 0) is 4.74 Å². The minimum atomic E-state index is -1.71. The summed E-state index contributed by atoms with van der Waals surface area (Å²) < 4.78 is 16.8. The number of phenols is 3. The van der Waals surface area contributed by atoms with E-state index in [-0.39, 0.29) is 39.4 Å². The van der Waals surface area contributed by atoms with E-state index in [0.717, 1.165) is 18.2 Å². The zero-order valence-corrected chi connectivity index (χ0v) is 17.2. The van der Waals surface area contributed by atoms with Gasteiger partial charge in [-0.1, -0.05) is 0 Å². The molecule has 4 rings (SSSR count). The molecule has 0 saturated carbocycles. The molecule has 2 heterocycles. The molecule has 0 aliphatic carbocycles. The molecule has 1 aliphatic rings. The molecule has 0 radical (unpaired) electrons. The van der Waals surface area contributed by atoms with Gasteiger partial charge in [-0.15, -0.1) is 0 Å². The Morgan fingerprint density at radius 3 is 2.30 bits per heavy atom. The van der Waals surface area contributed by atoms with Crippen LogP contribution in [0.5, 0.6) is 23.0 Å². The summed E-state index contributed by atoms with van der Waals surface area (Å²) in [5, 5.41) is 70.1. The first kappa shape index (κ1) is 22.8. The minimum Gasteiger partial charge on any atom is -0.507 e. The highest BCUT2D eigenvalue weighted by atomic mass is 16.5. The van der Waals surface area contributed by atoms with Gasteiger partial charge in [0, 0.05) is 17.7 Å². The van der Waals surface area contributed by atoms with Crippen LogP contribution in [-0.4, -0.2) is 73.9 Å². The van der Waals surface area contributed by atoms with Gasteiger partial charge >= 0.3 is 0 Å². The quantitative estimate of drug-likeness (QED) is 0.260. The molecule has 1 aromatic heterocycles. The van der Waals surface area contributed by atoms with Crippen LogP contribution in [0, 0.1) is 0 Å². The summed E-state index contributed by atoms with van der Waals surface area (Å²) in [5.41, 5.74) is -0.758. The highest BCUT2D eigenvalue weighted by molar-refractivity contribution is 5.89. The third-order valence-electron chi connectivity index (χ3n) is 5.64. The summed E-state index contributed by atoms with van der Waals surface area (Å²) in [6, 6.07) is 5.91. The molecular formula is C22H22O11. The molecule has 1 saturated heterocycles. The molecule has 0 unspecified atom stereocenters. The van der Waals surface area contributed by atoms with Gasteiger partial charge < -0.3 is 49.6 Å². The normalized spacial score (nSPS) is 25.3. The zero-order valence-electron chi connectivity index (χ0n) is 17.2. The maximum absolute atomic E-state index is 12.9. The average molecular weight is 462 g/mol. The van der Waals surface area contributed by atoms with Crippen LogP contribution in [0.4, 0.5) is 0 Å². The Morgan fingerprint density at radius 1 is 0.939 bits per heavy atom. The van der Waals surface area contributed by atoms with E-state index in [2.05, 4.69) is 0 Å². The second-order valence-electron chi connectivity index (χ2n) is 7.64. The van der Waals surface area contributed by atoms with Crippen LogP contribution < -0.4 is 10.2 Å². The number of hydrogen-bond donors (Lipinski definition) is 7. The molecule has 1 aliphatic heterocycles. The van der Waals surface area contributed by atoms with Gasteiger partial charge in [-0.2, -0.15) is 0 Å². The van der Waals surface area contributed by atoms with E-state index in [1.54, 1.807) is 0 Å². The predicted molar refractivity (Wildman–Crippen MR) is 112 cm³/mol. The molecule has 1 fully saturated rings. The third-order valence-corrected chi connectivity index (χ3v) is 5.64. The number of aliphatic hydroxyl groups is 4. The van der Waals surface area contributed by atoms with E-state index in [1.807, 2.05) is 0 Å². The highest BCUT2D eigenvalue weighted by Gasteiger charge is 2.46. The van der Waals surface area contributed by atoms with Gasteiger partial charge in [0.15, 0.2) is 22.5 Å². The Morgan fingerprint density at radius 2 is 1.67 bits per heavy atom. The van der Waals surface area contributed by atoms with Crippen molar-refractivity contribution < 1.29 is 49.6 Å². The Bertz CT molecular complexity index is 1250. The zero-order chi connectivity index (χ0) is 24.0. The van der Waals surface area contributed by atoms with E-state index in [1.165, 1.54) is 19.2 Å². The SMILES string of the molecule is COc1cc(O)c2c(=O)cc(-c3ccc(O)c(O)c3)oc2c1[C@@H]1O[C@H](CO)[C@@H](O)[C@H](O)[C@H]1O. The van der Waals surface area contributed by atoms with Crippen LogP contribution >= 0.6 is 0 Å². The molecule has 0 bridgehead atoms. The molecule has 0 amide bonds. The lowest BCUT2D eigenvalue weighted by atomic mass is 9.89. The lowest BCUT2D eigenvalue weighted by Gasteiger charge is -2.40. The van der Waals surface area contributed by atoms with Crippen molar-refractivity contribution in [2.24, 2.45) is 0 Å². The summed E-state index contributed by atoms with van der Waals surface area (Å²) in [5.74, 6) is -1.44. The van der Waals surface area contributed by atoms with Gasteiger partial charge in [-0.05, 0) is 18.2 Å². The number of ether oxygens (including phenoxy) is 2. The lowest BCUT2D eigenvalue weighted by molar-refractivity contribution is -0.231. The van der Waals surface area contributed by atoms with Crippen LogP contribution in [0.25, 0.3) is 22.3 Å². The van der Waals surface area contributed by atoms with E-state index < -0.39 is 54.1 Å². The number of rotatable bonds is 4. The molecule has 33 heavy (non-hydrogen) atoms. The van der Waals surface area contributed by atoms with E-state index in [4.69, 9.17) is 13.9 Å². The fraction of sp³-hybridized carbons (Fsp3) is 0.318. The van der Waals surface area contributed by atoms with Crippen molar-refractivity contribution in [3.05, 3.63) is 46.1 Å². The first-order valence-electron chi connectivity index (χ1n) is 9.88. The molecule has 5 atom stereocenters. The van der Waals surface area contributed by atoms with Gasteiger partial charge in [0.05, 0.1) is 19.3 Å². The van der Waals surface area contributed by atoms with Crippen LogP contribution in [0.1, 0.15) is 11.7 Å². The Kier molecular flexibility index (Phi) is 5.91. The van der Waals surface area contributed by atoms with E-state index in [9.17, 15) is 40.5 Å². The molecule has 3 aromatic rings. The third kappa shape index (κ3) is 3.75. The van der Waals surface area contributed by atoms with Gasteiger partial charge in [-0.3, -0.25) is 4.79 Å². The molecule has 2 aromatic carbocycles. The standard InChI is InChI=1S/C22H22O11/c1-31-14-6-12(27)16-11(26)5-13(8-2-3-9(24)10(25)4-8)32-21(16)17(14)22-20(30)19(29)18(28)15(7-23)33-22/h2-6,15,18-20,22-25,27-30H,7H2,1H3/t15-,18-,19+,20-,22+/m1/s1. The minimum absolute atomic E-state index is 0.0517. The molecule has 7 N–H and O–H groups in total. The largest absolute Gasteiger partial charge is 0.507 e. The smallest absolute Gasteiger partial charge is 0.197 e. The monoisotopic (exact) mass is 462 g/mol. The Labute approximate surface area is 185 Å². The van der Waals surface area contributed by atoms with Crippen molar-refractivity contribution in [2.45, 2.75) is 30.5 Å². The molecule has 0 spiro atoms. The Balaban J connectivity index is 2.00. The number of benzene rings is 2. The van der Waals surface area contributed by atoms with Crippen molar-refractivity contribution in [3.8, 4) is 34.3 Å². The lowest BCUT2D eigenvalue weighted by Crippen LogP contribution is -2.55. The summed E-state index contributed by atoms with van der Waals surface area (Å²) in [7, 11) is 1.26. The average Bonchev–Trinajstić information content (AvgIpc) is 2.79. The number of aromatic hydroxyl groups is 3. The van der Waals surface area contributed by atoms with E-state index >= 15 is 0 Å². The fourth-order valence-electron chi connectivity index (χ4n) is 3.91. The second-order valence-corrected chi connectivity index (χ2v) is 7.64. The highest BCUT2D eigenvalue weighted by Crippen LogP contribution is 2.44. The van der Waals surface area contributed by atoms with Crippen LogP contribution in [0.3, 0.4) is 0 Å². The molecule has 11 heteroatoms. The topological polar surface area (TPSA) is 190 Å². The van der Waals surface area contributed by atoms with Crippen LogP contribution in [0.2, 0.25) is 0 Å². The molecule has 176 valence electrons. The van der Waals surface area contributed by atoms with Crippen molar-refractivity contribution in [2.75, 3.05) is 13.7 Å². The first-order valence-corrected chi connectivity index (χ1v) is 9.88. The van der Waals surface area contributed by atoms with Crippen molar-refractivity contribution in [1.29, 1.82) is 0 Å². The number of fused-ring (bicyclic) bond motifs is 1. The molecular weight excluding hydrogens is 440 g/mol. The number of hydrogen-bond acceptors (Lipinski definition) is 11. The maximum atomic E-state index is 12.9. The Hall–Kier alpha value is -3.35. The van der Waals surface area contributed by atoms with Crippen LogP contribution in [0.15, 0.2) is 39.5 Å². The predicted octanol–water partition coefficient (Wildman–Crippen LogP) is 0.100. The van der Waals surface area contributed by atoms with E-state index in [0.29, 0.717) is 0 Å². The van der Waals surface area contributed by atoms with Crippen molar-refractivity contribution >= 4 is 11.0 Å². The van der Waals surface area contributed by atoms with Gasteiger partial charge in [0.2, 0.25) is 0 Å². The fourth-order valence-corrected chi connectivity index (χ4v) is 3.91. The summed E-state index contributed by atoms with van der Waals surface area (Å²) in [6.07, 6.45) is -7.70.